The monoisotopic (exact) mass is 172 g/mol. The Bertz CT molecular complexity index is 191. The van der Waals surface area contributed by atoms with Crippen LogP contribution < -0.4 is 0 Å². The topological polar surface area (TPSA) is 55.8 Å². The van der Waals surface area contributed by atoms with Crippen molar-refractivity contribution in [1.82, 2.24) is 0 Å². The predicted molar refractivity (Wildman–Crippen MR) is 41.7 cm³/mol. The van der Waals surface area contributed by atoms with Gasteiger partial charge in [-0.1, -0.05) is 6.08 Å². The van der Waals surface area contributed by atoms with Crippen molar-refractivity contribution < 1.29 is 19.4 Å². The fourth-order valence-corrected chi connectivity index (χ4v) is 0.904. The molecule has 12 heavy (non-hydrogen) atoms. The lowest BCUT2D eigenvalue weighted by molar-refractivity contribution is -0.132. The van der Waals surface area contributed by atoms with Gasteiger partial charge in [0, 0.05) is 5.57 Å². The number of carboxylic acid groups (broad SMARTS) is 1. The van der Waals surface area contributed by atoms with Crippen molar-refractivity contribution in [3.05, 3.63) is 11.6 Å². The Morgan fingerprint density at radius 3 is 3.00 bits per heavy atom. The summed E-state index contributed by atoms with van der Waals surface area (Å²) in [6.45, 7) is 2.45. The first-order chi connectivity index (χ1) is 5.70. The van der Waals surface area contributed by atoms with Gasteiger partial charge >= 0.3 is 5.97 Å². The minimum Gasteiger partial charge on any atom is -0.478 e. The van der Waals surface area contributed by atoms with Gasteiger partial charge in [0.1, 0.15) is 6.79 Å². The van der Waals surface area contributed by atoms with E-state index in [1.807, 2.05) is 0 Å². The zero-order valence-electron chi connectivity index (χ0n) is 6.95. The lowest BCUT2D eigenvalue weighted by Crippen LogP contribution is -2.08. The molecule has 0 radical (unpaired) electrons. The molecule has 1 unspecified atom stereocenters. The van der Waals surface area contributed by atoms with Gasteiger partial charge in [-0.05, 0) is 13.3 Å². The number of aliphatic carboxylic acids is 1. The van der Waals surface area contributed by atoms with Gasteiger partial charge in [-0.3, -0.25) is 0 Å². The van der Waals surface area contributed by atoms with Gasteiger partial charge in [-0.2, -0.15) is 0 Å². The minimum absolute atomic E-state index is 0.0271. The largest absolute Gasteiger partial charge is 0.478 e. The molecule has 0 aromatic heterocycles. The summed E-state index contributed by atoms with van der Waals surface area (Å²) in [7, 11) is 0. The quantitative estimate of drug-likeness (QED) is 0.639. The van der Waals surface area contributed by atoms with Crippen molar-refractivity contribution in [2.75, 3.05) is 13.4 Å². The van der Waals surface area contributed by atoms with Gasteiger partial charge in [0.15, 0.2) is 0 Å². The van der Waals surface area contributed by atoms with Gasteiger partial charge < -0.3 is 14.6 Å². The Morgan fingerprint density at radius 2 is 2.50 bits per heavy atom. The number of carbonyl (C=O) groups is 1. The molecule has 1 aliphatic heterocycles. The molecular formula is C8H12O4. The van der Waals surface area contributed by atoms with Crippen molar-refractivity contribution in [2.24, 2.45) is 0 Å². The third-order valence-corrected chi connectivity index (χ3v) is 1.72. The van der Waals surface area contributed by atoms with Crippen LogP contribution in [-0.2, 0) is 14.3 Å². The van der Waals surface area contributed by atoms with E-state index in [1.165, 1.54) is 0 Å². The van der Waals surface area contributed by atoms with Crippen molar-refractivity contribution in [1.29, 1.82) is 0 Å². The summed E-state index contributed by atoms with van der Waals surface area (Å²) in [5, 5.41) is 8.52. The van der Waals surface area contributed by atoms with Gasteiger partial charge in [-0.25, -0.2) is 4.79 Å². The molecule has 1 heterocycles. The maximum atomic E-state index is 10.4. The van der Waals surface area contributed by atoms with E-state index in [-0.39, 0.29) is 6.10 Å². The average Bonchev–Trinajstić information content (AvgIpc) is 2.51. The number of carboxylic acids is 1. The highest BCUT2D eigenvalue weighted by atomic mass is 16.7. The molecule has 0 aromatic rings. The molecule has 1 rings (SSSR count). The van der Waals surface area contributed by atoms with Crippen LogP contribution in [-0.4, -0.2) is 30.6 Å². The van der Waals surface area contributed by atoms with Crippen LogP contribution in [0.15, 0.2) is 11.6 Å². The fraction of sp³-hybridized carbons (Fsp3) is 0.625. The second kappa shape index (κ2) is 4.23. The van der Waals surface area contributed by atoms with Crippen LogP contribution in [0.2, 0.25) is 0 Å². The third-order valence-electron chi connectivity index (χ3n) is 1.72. The molecule has 0 spiro atoms. The minimum atomic E-state index is -0.881. The van der Waals surface area contributed by atoms with E-state index in [4.69, 9.17) is 14.6 Å². The number of ether oxygens (including phenoxy) is 2. The first-order valence-corrected chi connectivity index (χ1v) is 3.79. The lowest BCUT2D eigenvalue weighted by Gasteiger charge is -2.02. The summed E-state index contributed by atoms with van der Waals surface area (Å²) >= 11 is 0. The van der Waals surface area contributed by atoms with Gasteiger partial charge in [0.2, 0.25) is 0 Å². The van der Waals surface area contributed by atoms with Crippen LogP contribution in [0.5, 0.6) is 0 Å². The van der Waals surface area contributed by atoms with E-state index in [2.05, 4.69) is 0 Å². The van der Waals surface area contributed by atoms with Crippen molar-refractivity contribution in [2.45, 2.75) is 19.4 Å². The average molecular weight is 172 g/mol. The fourth-order valence-electron chi connectivity index (χ4n) is 0.904. The standard InChI is InChI=1S/C8H12O4/c1-6(8(9)10)2-3-7-4-11-5-12-7/h2,7H,3-5H2,1H3,(H,9,10). The van der Waals surface area contributed by atoms with Crippen molar-refractivity contribution in [3.8, 4) is 0 Å². The summed E-state index contributed by atoms with van der Waals surface area (Å²) in [5.41, 5.74) is 0.352. The second-order valence-electron chi connectivity index (χ2n) is 2.71. The Balaban J connectivity index is 2.31. The van der Waals surface area contributed by atoms with E-state index in [1.54, 1.807) is 13.0 Å². The van der Waals surface area contributed by atoms with Gasteiger partial charge in [0.25, 0.3) is 0 Å². The summed E-state index contributed by atoms with van der Waals surface area (Å²) < 4.78 is 10.1. The van der Waals surface area contributed by atoms with E-state index >= 15 is 0 Å². The zero-order chi connectivity index (χ0) is 8.97. The summed E-state index contributed by atoms with van der Waals surface area (Å²) in [6.07, 6.45) is 2.29. The molecule has 0 aliphatic carbocycles. The Kier molecular flexibility index (Phi) is 3.25. The third kappa shape index (κ3) is 2.64. The molecule has 0 saturated carbocycles. The molecular weight excluding hydrogens is 160 g/mol. The summed E-state index contributed by atoms with van der Waals surface area (Å²) in [4.78, 5) is 10.4. The number of hydrogen-bond acceptors (Lipinski definition) is 3. The summed E-state index contributed by atoms with van der Waals surface area (Å²) in [5.74, 6) is -0.881. The highest BCUT2D eigenvalue weighted by Gasteiger charge is 2.14. The van der Waals surface area contributed by atoms with Crippen LogP contribution >= 0.6 is 0 Å². The molecule has 0 bridgehead atoms. The molecule has 1 saturated heterocycles. The Morgan fingerprint density at radius 1 is 1.75 bits per heavy atom. The zero-order valence-corrected chi connectivity index (χ0v) is 6.95. The molecule has 1 aliphatic rings. The van der Waals surface area contributed by atoms with Crippen LogP contribution in [0.1, 0.15) is 13.3 Å². The maximum Gasteiger partial charge on any atom is 0.330 e. The highest BCUT2D eigenvalue weighted by molar-refractivity contribution is 5.85. The summed E-state index contributed by atoms with van der Waals surface area (Å²) in [6, 6.07) is 0. The highest BCUT2D eigenvalue weighted by Crippen LogP contribution is 2.09. The van der Waals surface area contributed by atoms with Crippen LogP contribution in [0.3, 0.4) is 0 Å². The Labute approximate surface area is 70.8 Å². The second-order valence-corrected chi connectivity index (χ2v) is 2.71. The molecule has 68 valence electrons. The van der Waals surface area contributed by atoms with Gasteiger partial charge in [0.05, 0.1) is 12.7 Å². The van der Waals surface area contributed by atoms with E-state index in [9.17, 15) is 4.79 Å². The molecule has 1 atom stereocenters. The molecule has 4 heteroatoms. The van der Waals surface area contributed by atoms with E-state index in [0.717, 1.165) is 0 Å². The molecule has 1 fully saturated rings. The van der Waals surface area contributed by atoms with Gasteiger partial charge in [-0.15, -0.1) is 0 Å². The number of hydrogen-bond donors (Lipinski definition) is 1. The first kappa shape index (κ1) is 9.22. The first-order valence-electron chi connectivity index (χ1n) is 3.79. The predicted octanol–water partition coefficient (Wildman–Crippen LogP) is 0.780. The SMILES string of the molecule is CC(=CCC1COCO1)C(=O)O. The normalized spacial score (nSPS) is 24.4. The van der Waals surface area contributed by atoms with Crippen molar-refractivity contribution in [3.63, 3.8) is 0 Å². The molecule has 4 nitrogen and oxygen atoms in total. The molecule has 0 amide bonds. The maximum absolute atomic E-state index is 10.4. The smallest absolute Gasteiger partial charge is 0.330 e. The van der Waals surface area contributed by atoms with E-state index < -0.39 is 5.97 Å². The van der Waals surface area contributed by atoms with Crippen LogP contribution in [0.25, 0.3) is 0 Å². The molecule has 0 aromatic carbocycles. The Hall–Kier alpha value is -0.870. The van der Waals surface area contributed by atoms with Crippen LogP contribution in [0.4, 0.5) is 0 Å². The number of rotatable bonds is 3. The van der Waals surface area contributed by atoms with E-state index in [0.29, 0.717) is 25.4 Å². The van der Waals surface area contributed by atoms with Crippen molar-refractivity contribution >= 4 is 5.97 Å². The van der Waals surface area contributed by atoms with Crippen LogP contribution in [0, 0.1) is 0 Å². The lowest BCUT2D eigenvalue weighted by atomic mass is 10.2. The molecule has 1 N–H and O–H groups in total.